The minimum atomic E-state index is 0.799. The van der Waals surface area contributed by atoms with E-state index in [0.29, 0.717) is 0 Å². The molecule has 0 amide bonds. The second-order valence-corrected chi connectivity index (χ2v) is 5.07. The number of benzene rings is 1. The molecule has 1 aromatic rings. The van der Waals surface area contributed by atoms with Crippen LogP contribution in [0.2, 0.25) is 5.02 Å². The Labute approximate surface area is 101 Å². The van der Waals surface area contributed by atoms with E-state index in [0.717, 1.165) is 30.2 Å². The van der Waals surface area contributed by atoms with Gasteiger partial charge >= 0.3 is 0 Å². The maximum atomic E-state index is 6.25. The van der Waals surface area contributed by atoms with Gasteiger partial charge in [-0.3, -0.25) is 0 Å². The third-order valence-corrected chi connectivity index (χ3v) is 3.62. The molecule has 1 fully saturated rings. The van der Waals surface area contributed by atoms with Crippen molar-refractivity contribution in [3.63, 3.8) is 0 Å². The van der Waals surface area contributed by atoms with Gasteiger partial charge in [0.05, 0.1) is 10.7 Å². The number of hydrogen-bond acceptors (Lipinski definition) is 2. The lowest BCUT2D eigenvalue weighted by atomic mass is 10.0. The fraction of sp³-hybridized carbons (Fsp3) is 0.462. The highest BCUT2D eigenvalue weighted by Gasteiger charge is 2.23. The summed E-state index contributed by atoms with van der Waals surface area (Å²) in [7, 11) is 0. The topological polar surface area (TPSA) is 15.6 Å². The van der Waals surface area contributed by atoms with E-state index in [2.05, 4.69) is 17.9 Å². The molecule has 0 N–H and O–H groups in total. The molecule has 3 heteroatoms. The third kappa shape index (κ3) is 1.61. The number of hydrogen-bond donors (Lipinski definition) is 0. The Morgan fingerprint density at radius 3 is 3.06 bits per heavy atom. The number of aliphatic imine (C=N–C) groups is 1. The van der Waals surface area contributed by atoms with E-state index in [9.17, 15) is 0 Å². The maximum absolute atomic E-state index is 6.25. The molecule has 2 aliphatic rings. The molecule has 2 nitrogen and oxygen atoms in total. The second-order valence-electron chi connectivity index (χ2n) is 4.66. The molecule has 3 rings (SSSR count). The highest BCUT2D eigenvalue weighted by molar-refractivity contribution is 6.33. The first kappa shape index (κ1) is 10.2. The number of piperidine rings is 1. The molecule has 0 radical (unpaired) electrons. The summed E-state index contributed by atoms with van der Waals surface area (Å²) in [6.07, 6.45) is 3.64. The van der Waals surface area contributed by atoms with Crippen molar-refractivity contribution in [3.05, 3.63) is 28.3 Å². The Kier molecular flexibility index (Phi) is 2.40. The van der Waals surface area contributed by atoms with Crippen molar-refractivity contribution in [3.8, 4) is 0 Å². The molecule has 0 atom stereocenters. The summed E-state index contributed by atoms with van der Waals surface area (Å²) in [5.41, 5.74) is 3.50. The van der Waals surface area contributed by atoms with E-state index in [1.54, 1.807) is 0 Å². The summed E-state index contributed by atoms with van der Waals surface area (Å²) in [6.45, 7) is 4.21. The zero-order valence-electron chi connectivity index (χ0n) is 9.46. The van der Waals surface area contributed by atoms with Crippen molar-refractivity contribution < 1.29 is 0 Å². The van der Waals surface area contributed by atoms with E-state index in [1.165, 1.54) is 29.8 Å². The summed E-state index contributed by atoms with van der Waals surface area (Å²) in [5.74, 6) is 1.23. The third-order valence-electron chi connectivity index (χ3n) is 3.33. The average Bonchev–Trinajstić information content (AvgIpc) is 2.27. The molecule has 1 saturated heterocycles. The van der Waals surface area contributed by atoms with Crippen molar-refractivity contribution in [2.45, 2.75) is 32.7 Å². The highest BCUT2D eigenvalue weighted by atomic mass is 35.5. The molecule has 0 aromatic heterocycles. The summed E-state index contributed by atoms with van der Waals surface area (Å²) < 4.78 is 0. The van der Waals surface area contributed by atoms with Gasteiger partial charge in [-0.25, -0.2) is 4.99 Å². The van der Waals surface area contributed by atoms with Crippen molar-refractivity contribution in [2.24, 2.45) is 4.99 Å². The zero-order chi connectivity index (χ0) is 11.1. The van der Waals surface area contributed by atoms with Crippen molar-refractivity contribution >= 4 is 23.1 Å². The zero-order valence-corrected chi connectivity index (χ0v) is 10.2. The van der Waals surface area contributed by atoms with Crippen LogP contribution in [0.1, 0.15) is 30.4 Å². The Balaban J connectivity index is 2.09. The maximum Gasteiger partial charge on any atom is 0.105 e. The Morgan fingerprint density at radius 2 is 2.19 bits per heavy atom. The smallest absolute Gasteiger partial charge is 0.105 e. The number of nitrogens with zero attached hydrogens (tertiary/aromatic N) is 2. The van der Waals surface area contributed by atoms with Crippen LogP contribution in [0.3, 0.4) is 0 Å². The highest BCUT2D eigenvalue weighted by Crippen LogP contribution is 2.36. The van der Waals surface area contributed by atoms with Gasteiger partial charge < -0.3 is 4.90 Å². The molecule has 1 aromatic carbocycles. The molecule has 0 bridgehead atoms. The van der Waals surface area contributed by atoms with Crippen LogP contribution in [0.5, 0.6) is 0 Å². The number of rotatable bonds is 0. The van der Waals surface area contributed by atoms with Gasteiger partial charge in [-0.1, -0.05) is 17.7 Å². The first-order valence-corrected chi connectivity index (χ1v) is 6.23. The lowest BCUT2D eigenvalue weighted by Crippen LogP contribution is -2.36. The molecule has 0 spiro atoms. The lowest BCUT2D eigenvalue weighted by molar-refractivity contribution is 0.359. The van der Waals surface area contributed by atoms with Crippen LogP contribution < -0.4 is 0 Å². The van der Waals surface area contributed by atoms with E-state index in [4.69, 9.17) is 16.6 Å². The fourth-order valence-electron chi connectivity index (χ4n) is 2.56. The van der Waals surface area contributed by atoms with E-state index >= 15 is 0 Å². The molecule has 0 saturated carbocycles. The lowest BCUT2D eigenvalue weighted by Gasteiger charge is -2.34. The van der Waals surface area contributed by atoms with Crippen LogP contribution in [0.25, 0.3) is 0 Å². The summed E-state index contributed by atoms with van der Waals surface area (Å²) in [4.78, 5) is 7.11. The van der Waals surface area contributed by atoms with Crippen LogP contribution in [0.4, 0.5) is 5.69 Å². The van der Waals surface area contributed by atoms with Crippen molar-refractivity contribution in [1.29, 1.82) is 0 Å². The van der Waals surface area contributed by atoms with Crippen LogP contribution in [-0.4, -0.2) is 17.3 Å². The standard InChI is InChI=1S/C13H15ClN2/c1-9-6-10-8-16-5-3-2-4-12(16)15-13(10)11(14)7-9/h6-7H,2-5,8H2,1H3. The van der Waals surface area contributed by atoms with Gasteiger partial charge in [-0.2, -0.15) is 0 Å². The van der Waals surface area contributed by atoms with E-state index in [1.807, 2.05) is 6.07 Å². The van der Waals surface area contributed by atoms with Crippen LogP contribution >= 0.6 is 11.6 Å². The molecule has 84 valence electrons. The van der Waals surface area contributed by atoms with Gasteiger partial charge in [0.1, 0.15) is 5.84 Å². The fourth-order valence-corrected chi connectivity index (χ4v) is 2.89. The van der Waals surface area contributed by atoms with Crippen LogP contribution in [0.15, 0.2) is 17.1 Å². The monoisotopic (exact) mass is 234 g/mol. The largest absolute Gasteiger partial charge is 0.356 e. The van der Waals surface area contributed by atoms with Gasteiger partial charge in [0.15, 0.2) is 0 Å². The van der Waals surface area contributed by atoms with E-state index < -0.39 is 0 Å². The van der Waals surface area contributed by atoms with Crippen molar-refractivity contribution in [1.82, 2.24) is 4.90 Å². The van der Waals surface area contributed by atoms with Crippen molar-refractivity contribution in [2.75, 3.05) is 6.54 Å². The molecular weight excluding hydrogens is 220 g/mol. The number of fused-ring (bicyclic) bond motifs is 2. The minimum Gasteiger partial charge on any atom is -0.356 e. The number of aryl methyl sites for hydroxylation is 1. The van der Waals surface area contributed by atoms with Gasteiger partial charge in [-0.05, 0) is 37.0 Å². The average molecular weight is 235 g/mol. The molecule has 16 heavy (non-hydrogen) atoms. The van der Waals surface area contributed by atoms with Crippen LogP contribution in [0, 0.1) is 6.92 Å². The van der Waals surface area contributed by atoms with Gasteiger partial charge in [0, 0.05) is 19.5 Å². The van der Waals surface area contributed by atoms with Gasteiger partial charge in [0.25, 0.3) is 0 Å². The van der Waals surface area contributed by atoms with Gasteiger partial charge in [0.2, 0.25) is 0 Å². The quantitative estimate of drug-likeness (QED) is 0.669. The number of amidine groups is 1. The number of halogens is 1. The summed E-state index contributed by atoms with van der Waals surface area (Å²) >= 11 is 6.25. The molecule has 2 heterocycles. The predicted molar refractivity (Wildman–Crippen MR) is 67.5 cm³/mol. The minimum absolute atomic E-state index is 0.799. The van der Waals surface area contributed by atoms with Gasteiger partial charge in [-0.15, -0.1) is 0 Å². The first-order chi connectivity index (χ1) is 7.74. The predicted octanol–water partition coefficient (Wildman–Crippen LogP) is 3.68. The second kappa shape index (κ2) is 3.77. The molecule has 0 aliphatic carbocycles. The SMILES string of the molecule is Cc1cc(Cl)c2c(c1)CN1CCCCC1=N2. The molecule has 0 unspecified atom stereocenters. The molecule has 2 aliphatic heterocycles. The summed E-state index contributed by atoms with van der Waals surface area (Å²) in [5, 5.41) is 0.799. The molecular formula is C13H15ClN2. The Morgan fingerprint density at radius 1 is 1.31 bits per heavy atom. The Bertz CT molecular complexity index is 465. The van der Waals surface area contributed by atoms with E-state index in [-0.39, 0.29) is 0 Å². The Hall–Kier alpha value is -1.02. The van der Waals surface area contributed by atoms with Crippen LogP contribution in [-0.2, 0) is 6.54 Å². The first-order valence-electron chi connectivity index (χ1n) is 5.85. The normalized spacial score (nSPS) is 18.9. The summed E-state index contributed by atoms with van der Waals surface area (Å²) in [6, 6.07) is 4.21.